The summed E-state index contributed by atoms with van der Waals surface area (Å²) in [7, 11) is -3.30. The van der Waals surface area contributed by atoms with E-state index in [4.69, 9.17) is 9.47 Å². The summed E-state index contributed by atoms with van der Waals surface area (Å²) in [6, 6.07) is 13.3. The number of β-amino-alcohol motifs (C(OH)–C–C–N with tert-alkyl or cyclic N) is 1. The van der Waals surface area contributed by atoms with Crippen molar-refractivity contribution in [1.82, 2.24) is 14.9 Å². The quantitative estimate of drug-likeness (QED) is 0.364. The van der Waals surface area contributed by atoms with Gasteiger partial charge in [-0.1, -0.05) is 12.1 Å². The van der Waals surface area contributed by atoms with Crippen LogP contribution in [0.2, 0.25) is 0 Å². The van der Waals surface area contributed by atoms with Crippen LogP contribution in [0.25, 0.3) is 33.1 Å². The van der Waals surface area contributed by atoms with Gasteiger partial charge in [0.05, 0.1) is 28.9 Å². The molecule has 2 N–H and O–H groups in total. The van der Waals surface area contributed by atoms with Gasteiger partial charge >= 0.3 is 0 Å². The number of nitrogens with zero attached hydrogens (tertiary/aromatic N) is 2. The molecule has 1 saturated heterocycles. The second kappa shape index (κ2) is 9.72. The number of benzene rings is 2. The Bertz CT molecular complexity index is 1560. The molecule has 0 bridgehead atoms. The first kappa shape index (κ1) is 24.4. The van der Waals surface area contributed by atoms with Crippen LogP contribution in [0.4, 0.5) is 0 Å². The molecule has 2 aliphatic rings. The number of aromatic amines is 1. The maximum Gasteiger partial charge on any atom is 0.181 e. The molecule has 6 rings (SSSR count). The van der Waals surface area contributed by atoms with Gasteiger partial charge < -0.3 is 19.6 Å². The molecule has 1 atom stereocenters. The molecule has 4 aromatic rings. The van der Waals surface area contributed by atoms with Crippen LogP contribution in [-0.2, 0) is 14.6 Å². The third-order valence-electron chi connectivity index (χ3n) is 7.20. The average molecular weight is 522 g/mol. The molecule has 3 heterocycles. The van der Waals surface area contributed by atoms with Gasteiger partial charge in [-0.15, -0.1) is 0 Å². The molecule has 1 saturated carbocycles. The maximum atomic E-state index is 12.9. The Morgan fingerprint density at radius 2 is 2.08 bits per heavy atom. The van der Waals surface area contributed by atoms with Crippen LogP contribution in [0.15, 0.2) is 53.6 Å². The van der Waals surface area contributed by atoms with Crippen molar-refractivity contribution in [3.05, 3.63) is 54.2 Å². The lowest BCUT2D eigenvalue weighted by Crippen LogP contribution is -2.45. The predicted molar refractivity (Wildman–Crippen MR) is 143 cm³/mol. The molecule has 1 unspecified atom stereocenters. The Morgan fingerprint density at radius 3 is 2.89 bits per heavy atom. The van der Waals surface area contributed by atoms with Crippen molar-refractivity contribution in [2.45, 2.75) is 36.0 Å². The van der Waals surface area contributed by atoms with E-state index in [1.165, 1.54) is 0 Å². The first-order valence-electron chi connectivity index (χ1n) is 12.8. The molecule has 37 heavy (non-hydrogen) atoms. The van der Waals surface area contributed by atoms with Crippen molar-refractivity contribution in [1.29, 1.82) is 0 Å². The zero-order valence-corrected chi connectivity index (χ0v) is 21.6. The molecule has 0 amide bonds. The third-order valence-corrected chi connectivity index (χ3v) is 9.46. The number of hydrogen-bond acceptors (Lipinski definition) is 7. The van der Waals surface area contributed by atoms with E-state index in [0.717, 1.165) is 58.0 Å². The number of rotatable bonds is 8. The summed E-state index contributed by atoms with van der Waals surface area (Å²) in [4.78, 5) is 10.6. The summed E-state index contributed by atoms with van der Waals surface area (Å²) >= 11 is 0. The maximum absolute atomic E-state index is 12.9. The Morgan fingerprint density at radius 1 is 1.22 bits per heavy atom. The van der Waals surface area contributed by atoms with Crippen LogP contribution in [0.3, 0.4) is 0 Å². The molecule has 2 aromatic heterocycles. The first-order chi connectivity index (χ1) is 17.9. The molecule has 1 aliphatic heterocycles. The van der Waals surface area contributed by atoms with Crippen molar-refractivity contribution >= 4 is 31.8 Å². The number of hydrogen-bond donors (Lipinski definition) is 2. The minimum atomic E-state index is -3.30. The molecule has 1 aliphatic carbocycles. The predicted octanol–water partition coefficient (Wildman–Crippen LogP) is 3.70. The van der Waals surface area contributed by atoms with E-state index >= 15 is 0 Å². The lowest BCUT2D eigenvalue weighted by atomic mass is 9.99. The highest BCUT2D eigenvalue weighted by Crippen LogP contribution is 2.40. The monoisotopic (exact) mass is 521 g/mol. The topological polar surface area (TPSA) is 105 Å². The zero-order valence-electron chi connectivity index (χ0n) is 20.8. The van der Waals surface area contributed by atoms with Gasteiger partial charge in [0.1, 0.15) is 24.1 Å². The van der Waals surface area contributed by atoms with E-state index < -0.39 is 9.84 Å². The lowest BCUT2D eigenvalue weighted by molar-refractivity contribution is -0.0506. The van der Waals surface area contributed by atoms with Gasteiger partial charge in [-0.25, -0.2) is 13.4 Å². The number of fused-ring (bicyclic) bond motifs is 3. The summed E-state index contributed by atoms with van der Waals surface area (Å²) in [6.45, 7) is 5.26. The number of aliphatic hydroxyl groups excluding tert-OH is 1. The fraction of sp³-hybridized carbons (Fsp3) is 0.393. The van der Waals surface area contributed by atoms with Gasteiger partial charge in [0.25, 0.3) is 0 Å². The molecular formula is C28H31N3O5S. The number of aliphatic hydroxyl groups is 1. The summed E-state index contributed by atoms with van der Waals surface area (Å²) < 4.78 is 38.1. The number of aromatic nitrogens is 2. The van der Waals surface area contributed by atoms with E-state index in [-0.39, 0.29) is 18.0 Å². The van der Waals surface area contributed by atoms with Crippen LogP contribution in [-0.4, -0.2) is 79.2 Å². The second-order valence-electron chi connectivity index (χ2n) is 10.00. The van der Waals surface area contributed by atoms with Gasteiger partial charge in [0, 0.05) is 36.6 Å². The number of H-pyrrole nitrogens is 1. The van der Waals surface area contributed by atoms with Gasteiger partial charge in [0.15, 0.2) is 9.84 Å². The second-order valence-corrected chi connectivity index (χ2v) is 12.2. The van der Waals surface area contributed by atoms with Gasteiger partial charge in [0.2, 0.25) is 0 Å². The minimum absolute atomic E-state index is 0.0934. The van der Waals surface area contributed by atoms with Crippen LogP contribution in [0.5, 0.6) is 5.75 Å². The Balaban J connectivity index is 1.40. The van der Waals surface area contributed by atoms with Crippen molar-refractivity contribution in [2.75, 3.05) is 39.5 Å². The number of ether oxygens (including phenoxy) is 2. The van der Waals surface area contributed by atoms with Crippen LogP contribution < -0.4 is 4.74 Å². The van der Waals surface area contributed by atoms with E-state index in [0.29, 0.717) is 36.9 Å². The molecular weight excluding hydrogens is 490 g/mol. The molecule has 2 aromatic carbocycles. The summed E-state index contributed by atoms with van der Waals surface area (Å²) in [5, 5.41) is 10.9. The van der Waals surface area contributed by atoms with E-state index in [1.54, 1.807) is 12.1 Å². The molecule has 2 fully saturated rings. The Labute approximate surface area is 216 Å². The largest absolute Gasteiger partial charge is 0.489 e. The van der Waals surface area contributed by atoms with Gasteiger partial charge in [-0.2, -0.15) is 0 Å². The van der Waals surface area contributed by atoms with Gasteiger partial charge in [-0.3, -0.25) is 4.90 Å². The standard InChI is InChI=1S/C28H31N3O5S/c1-18-13-24-26-23(19-3-2-4-22(14-19)37(33,34)21-5-6-21)7-8-25(27(26)30-28(24)29-15-18)36-17-20-16-31(9-11-32)10-12-35-20/h2-4,7-8,13-15,20-21,32H,5-6,9-12,16-17H2,1H3,(H,29,30). The molecule has 0 spiro atoms. The van der Waals surface area contributed by atoms with Crippen LogP contribution >= 0.6 is 0 Å². The minimum Gasteiger partial charge on any atom is -0.489 e. The number of nitrogens with one attached hydrogen (secondary N) is 1. The van der Waals surface area contributed by atoms with Crippen molar-refractivity contribution in [3.63, 3.8) is 0 Å². The highest BCUT2D eigenvalue weighted by atomic mass is 32.2. The van der Waals surface area contributed by atoms with E-state index in [2.05, 4.69) is 20.9 Å². The van der Waals surface area contributed by atoms with Crippen molar-refractivity contribution in [3.8, 4) is 16.9 Å². The Hall–Kier alpha value is -2.98. The number of morpholine rings is 1. The van der Waals surface area contributed by atoms with Gasteiger partial charge in [-0.05, 0) is 66.8 Å². The fourth-order valence-electron chi connectivity index (χ4n) is 5.15. The van der Waals surface area contributed by atoms with Crippen molar-refractivity contribution < 1.29 is 23.0 Å². The number of pyridine rings is 1. The third kappa shape index (κ3) is 4.72. The number of aryl methyl sites for hydroxylation is 1. The average Bonchev–Trinajstić information content (AvgIpc) is 3.70. The number of sulfone groups is 1. The van der Waals surface area contributed by atoms with Crippen molar-refractivity contribution in [2.24, 2.45) is 0 Å². The van der Waals surface area contributed by atoms with Crippen LogP contribution in [0.1, 0.15) is 18.4 Å². The molecule has 0 radical (unpaired) electrons. The van der Waals surface area contributed by atoms with Crippen LogP contribution in [0, 0.1) is 6.92 Å². The summed E-state index contributed by atoms with van der Waals surface area (Å²) in [5.41, 5.74) is 4.38. The molecule has 8 nitrogen and oxygen atoms in total. The fourth-order valence-corrected chi connectivity index (χ4v) is 6.85. The first-order valence-corrected chi connectivity index (χ1v) is 14.3. The smallest absolute Gasteiger partial charge is 0.181 e. The van der Waals surface area contributed by atoms with E-state index in [1.807, 2.05) is 37.4 Å². The normalized spacial score (nSPS) is 19.0. The summed E-state index contributed by atoms with van der Waals surface area (Å²) in [5.74, 6) is 0.694. The highest BCUT2D eigenvalue weighted by Gasteiger charge is 2.37. The molecule has 9 heteroatoms. The lowest BCUT2D eigenvalue weighted by Gasteiger charge is -2.32. The van der Waals surface area contributed by atoms with E-state index in [9.17, 15) is 13.5 Å². The summed E-state index contributed by atoms with van der Waals surface area (Å²) in [6.07, 6.45) is 3.20. The SMILES string of the molecule is Cc1cnc2[nH]c3c(OCC4CN(CCO)CCO4)ccc(-c4cccc(S(=O)(=O)C5CC5)c4)c3c2c1. The highest BCUT2D eigenvalue weighted by molar-refractivity contribution is 7.92. The molecule has 194 valence electrons. The zero-order chi connectivity index (χ0) is 25.6. The Kier molecular flexibility index (Phi) is 6.40.